The third kappa shape index (κ3) is 2.50. The number of para-hydroxylation sites is 1. The topological polar surface area (TPSA) is 60.0 Å². The van der Waals surface area contributed by atoms with E-state index in [9.17, 15) is 4.79 Å². The molecular formula is C18H20N2O4. The van der Waals surface area contributed by atoms with Crippen molar-refractivity contribution in [3.05, 3.63) is 47.5 Å². The Kier molecular flexibility index (Phi) is 4.20. The third-order valence-corrected chi connectivity index (χ3v) is 4.16. The molecule has 1 amide bonds. The van der Waals surface area contributed by atoms with Crippen molar-refractivity contribution in [2.75, 3.05) is 33.7 Å². The first-order valence-electron chi connectivity index (χ1n) is 7.53. The Morgan fingerprint density at radius 2 is 1.62 bits per heavy atom. The second-order valence-corrected chi connectivity index (χ2v) is 5.47. The van der Waals surface area contributed by atoms with E-state index in [1.807, 2.05) is 36.4 Å². The molecule has 1 heterocycles. The summed E-state index contributed by atoms with van der Waals surface area (Å²) in [5.41, 5.74) is 2.30. The molecule has 0 saturated carbocycles. The minimum Gasteiger partial charge on any atom is -0.493 e. The average Bonchev–Trinajstić information content (AvgIpc) is 2.63. The maximum atomic E-state index is 12.6. The highest BCUT2D eigenvalue weighted by Gasteiger charge is 2.31. The first-order chi connectivity index (χ1) is 11.6. The zero-order chi connectivity index (χ0) is 17.3. The molecule has 1 atom stereocenters. The molecule has 0 spiro atoms. The first kappa shape index (κ1) is 16.0. The summed E-state index contributed by atoms with van der Waals surface area (Å²) < 4.78 is 16.2. The molecule has 6 heteroatoms. The molecule has 1 unspecified atom stereocenters. The number of nitrogens with zero attached hydrogens (tertiary/aromatic N) is 1. The van der Waals surface area contributed by atoms with Gasteiger partial charge in [-0.15, -0.1) is 0 Å². The van der Waals surface area contributed by atoms with Crippen molar-refractivity contribution in [3.8, 4) is 17.2 Å². The molecule has 0 aromatic heterocycles. The second-order valence-electron chi connectivity index (χ2n) is 5.47. The smallest absolute Gasteiger partial charge is 0.257 e. The van der Waals surface area contributed by atoms with Crippen molar-refractivity contribution in [3.63, 3.8) is 0 Å². The molecule has 1 aliphatic rings. The molecule has 126 valence electrons. The molecular weight excluding hydrogens is 308 g/mol. The number of amides is 1. The maximum absolute atomic E-state index is 12.6. The van der Waals surface area contributed by atoms with Gasteiger partial charge in [-0.2, -0.15) is 0 Å². The summed E-state index contributed by atoms with van der Waals surface area (Å²) in [7, 11) is 6.46. The SMILES string of the molecule is COc1cc(C2Nc3ccccc3C(=O)N2C)cc(OC)c1OC. The van der Waals surface area contributed by atoms with Crippen LogP contribution in [0.2, 0.25) is 0 Å². The maximum Gasteiger partial charge on any atom is 0.257 e. The van der Waals surface area contributed by atoms with Gasteiger partial charge in [0.2, 0.25) is 5.75 Å². The van der Waals surface area contributed by atoms with E-state index < -0.39 is 0 Å². The zero-order valence-electron chi connectivity index (χ0n) is 14.1. The van der Waals surface area contributed by atoms with Gasteiger partial charge in [0.05, 0.1) is 26.9 Å². The predicted molar refractivity (Wildman–Crippen MR) is 91.0 cm³/mol. The van der Waals surface area contributed by atoms with Crippen LogP contribution in [-0.2, 0) is 0 Å². The number of ether oxygens (including phenoxy) is 3. The fraction of sp³-hybridized carbons (Fsp3) is 0.278. The van der Waals surface area contributed by atoms with Gasteiger partial charge in [-0.1, -0.05) is 12.1 Å². The van der Waals surface area contributed by atoms with E-state index in [4.69, 9.17) is 14.2 Å². The number of fused-ring (bicyclic) bond motifs is 1. The minimum absolute atomic E-state index is 0.0388. The van der Waals surface area contributed by atoms with Gasteiger partial charge in [-0.25, -0.2) is 0 Å². The molecule has 0 saturated heterocycles. The minimum atomic E-state index is -0.332. The summed E-state index contributed by atoms with van der Waals surface area (Å²) in [6.45, 7) is 0. The number of carbonyl (C=O) groups is 1. The fourth-order valence-electron chi connectivity index (χ4n) is 2.91. The van der Waals surface area contributed by atoms with Crippen LogP contribution in [0.4, 0.5) is 5.69 Å². The molecule has 2 aromatic rings. The molecule has 3 rings (SSSR count). The predicted octanol–water partition coefficient (Wildman–Crippen LogP) is 2.91. The van der Waals surface area contributed by atoms with Crippen molar-refractivity contribution in [1.29, 1.82) is 0 Å². The molecule has 0 fully saturated rings. The summed E-state index contributed by atoms with van der Waals surface area (Å²) in [6.07, 6.45) is -0.332. The van der Waals surface area contributed by atoms with Crippen LogP contribution in [0.25, 0.3) is 0 Å². The summed E-state index contributed by atoms with van der Waals surface area (Å²) in [5, 5.41) is 3.39. The van der Waals surface area contributed by atoms with E-state index in [0.29, 0.717) is 22.8 Å². The highest BCUT2D eigenvalue weighted by atomic mass is 16.5. The second kappa shape index (κ2) is 6.31. The number of hydrogen-bond acceptors (Lipinski definition) is 5. The highest BCUT2D eigenvalue weighted by Crippen LogP contribution is 2.42. The van der Waals surface area contributed by atoms with Crippen LogP contribution in [-0.4, -0.2) is 39.2 Å². The van der Waals surface area contributed by atoms with Crippen molar-refractivity contribution in [1.82, 2.24) is 4.90 Å². The Morgan fingerprint density at radius 1 is 1.00 bits per heavy atom. The number of rotatable bonds is 4. The number of benzene rings is 2. The molecule has 1 aliphatic heterocycles. The van der Waals surface area contributed by atoms with E-state index in [-0.39, 0.29) is 12.1 Å². The van der Waals surface area contributed by atoms with Crippen LogP contribution in [0.15, 0.2) is 36.4 Å². The Balaban J connectivity index is 2.08. The molecule has 0 bridgehead atoms. The van der Waals surface area contributed by atoms with E-state index in [1.165, 1.54) is 0 Å². The van der Waals surface area contributed by atoms with Gasteiger partial charge in [0, 0.05) is 18.3 Å². The number of anilines is 1. The van der Waals surface area contributed by atoms with Crippen LogP contribution < -0.4 is 19.5 Å². The monoisotopic (exact) mass is 328 g/mol. The van der Waals surface area contributed by atoms with Gasteiger partial charge >= 0.3 is 0 Å². The van der Waals surface area contributed by atoms with Gasteiger partial charge in [-0.05, 0) is 24.3 Å². The van der Waals surface area contributed by atoms with Gasteiger partial charge in [0.25, 0.3) is 5.91 Å². The third-order valence-electron chi connectivity index (χ3n) is 4.16. The summed E-state index contributed by atoms with van der Waals surface area (Å²) in [6, 6.07) is 11.1. The van der Waals surface area contributed by atoms with Gasteiger partial charge in [0.1, 0.15) is 6.17 Å². The molecule has 0 radical (unpaired) electrons. The Labute approximate surface area is 140 Å². The van der Waals surface area contributed by atoms with E-state index in [0.717, 1.165) is 11.3 Å². The van der Waals surface area contributed by atoms with Crippen LogP contribution >= 0.6 is 0 Å². The number of nitrogens with one attached hydrogen (secondary N) is 1. The molecule has 2 aromatic carbocycles. The van der Waals surface area contributed by atoms with Crippen LogP contribution in [0.3, 0.4) is 0 Å². The molecule has 1 N–H and O–H groups in total. The molecule has 0 aliphatic carbocycles. The van der Waals surface area contributed by atoms with E-state index in [1.54, 1.807) is 33.3 Å². The van der Waals surface area contributed by atoms with Crippen LogP contribution in [0, 0.1) is 0 Å². The summed E-state index contributed by atoms with van der Waals surface area (Å²) in [5.74, 6) is 1.58. The molecule has 24 heavy (non-hydrogen) atoms. The van der Waals surface area contributed by atoms with Crippen LogP contribution in [0.1, 0.15) is 22.1 Å². The lowest BCUT2D eigenvalue weighted by molar-refractivity contribution is 0.0735. The number of methoxy groups -OCH3 is 3. The summed E-state index contributed by atoms with van der Waals surface area (Å²) >= 11 is 0. The number of hydrogen-bond donors (Lipinski definition) is 1. The quantitative estimate of drug-likeness (QED) is 0.935. The number of carbonyl (C=O) groups excluding carboxylic acids is 1. The van der Waals surface area contributed by atoms with E-state index in [2.05, 4.69) is 5.32 Å². The van der Waals surface area contributed by atoms with Gasteiger partial charge in [0.15, 0.2) is 11.5 Å². The molecule has 6 nitrogen and oxygen atoms in total. The van der Waals surface area contributed by atoms with Crippen molar-refractivity contribution in [2.24, 2.45) is 0 Å². The summed E-state index contributed by atoms with van der Waals surface area (Å²) in [4.78, 5) is 14.3. The highest BCUT2D eigenvalue weighted by molar-refractivity contribution is 6.01. The van der Waals surface area contributed by atoms with E-state index >= 15 is 0 Å². The lowest BCUT2D eigenvalue weighted by atomic mass is 10.0. The van der Waals surface area contributed by atoms with Crippen molar-refractivity contribution >= 4 is 11.6 Å². The van der Waals surface area contributed by atoms with Gasteiger partial charge in [-0.3, -0.25) is 4.79 Å². The lowest BCUT2D eigenvalue weighted by Gasteiger charge is -2.35. The Hall–Kier alpha value is -2.89. The fourth-order valence-corrected chi connectivity index (χ4v) is 2.91. The standard InChI is InChI=1S/C18H20N2O4/c1-20-17(19-13-8-6-5-7-12(13)18(20)21)11-9-14(22-2)16(24-4)15(10-11)23-3/h5-10,17,19H,1-4H3. The normalized spacial score (nSPS) is 16.2. The Morgan fingerprint density at radius 3 is 2.21 bits per heavy atom. The van der Waals surface area contributed by atoms with Crippen molar-refractivity contribution in [2.45, 2.75) is 6.17 Å². The van der Waals surface area contributed by atoms with Crippen molar-refractivity contribution < 1.29 is 19.0 Å². The van der Waals surface area contributed by atoms with Crippen LogP contribution in [0.5, 0.6) is 17.2 Å². The zero-order valence-corrected chi connectivity index (χ0v) is 14.1. The average molecular weight is 328 g/mol. The lowest BCUT2D eigenvalue weighted by Crippen LogP contribution is -2.40. The first-order valence-corrected chi connectivity index (χ1v) is 7.53. The Bertz CT molecular complexity index is 750. The largest absolute Gasteiger partial charge is 0.493 e. The van der Waals surface area contributed by atoms with Gasteiger partial charge < -0.3 is 24.4 Å².